The lowest BCUT2D eigenvalue weighted by Crippen LogP contribution is -2.17. The number of nitrogens with one attached hydrogen (secondary N) is 2. The van der Waals surface area contributed by atoms with Crippen LogP contribution in [0.3, 0.4) is 0 Å². The molecule has 132 valence electrons. The monoisotopic (exact) mass is 340 g/mol. The van der Waals surface area contributed by atoms with Gasteiger partial charge in [0.1, 0.15) is 0 Å². The molecule has 0 aliphatic rings. The molecule has 2 aromatic rings. The highest BCUT2D eigenvalue weighted by Gasteiger charge is 2.07. The zero-order valence-corrected chi connectivity index (χ0v) is 14.6. The molecule has 2 amide bonds. The maximum absolute atomic E-state index is 12.1. The summed E-state index contributed by atoms with van der Waals surface area (Å²) < 4.78 is 5.08. The smallest absolute Gasteiger partial charge is 0.411 e. The molecular formula is C20H24N2O3. The summed E-state index contributed by atoms with van der Waals surface area (Å²) in [4.78, 5) is 23.8. The van der Waals surface area contributed by atoms with Crippen molar-refractivity contribution in [3.8, 4) is 0 Å². The highest BCUT2D eigenvalue weighted by atomic mass is 16.5. The van der Waals surface area contributed by atoms with Gasteiger partial charge in [0.05, 0.1) is 6.61 Å². The standard InChI is InChI=1S/C20H24N2O3/c1-15(2)14-25-20(24)22-18-10-6-9-17(13-18)21-19(23)12-11-16-7-4-3-5-8-16/h3-10,13,15H,11-12,14H2,1-2H3,(H,21,23)(H,22,24). The van der Waals surface area contributed by atoms with Gasteiger partial charge in [0.2, 0.25) is 5.91 Å². The minimum Gasteiger partial charge on any atom is -0.449 e. The number of aryl methyl sites for hydroxylation is 1. The molecule has 0 radical (unpaired) electrons. The molecule has 0 aromatic heterocycles. The number of ether oxygens (including phenoxy) is 1. The van der Waals surface area contributed by atoms with Crippen molar-refractivity contribution in [2.45, 2.75) is 26.7 Å². The zero-order chi connectivity index (χ0) is 18.1. The highest BCUT2D eigenvalue weighted by Crippen LogP contribution is 2.16. The summed E-state index contributed by atoms with van der Waals surface area (Å²) in [7, 11) is 0. The molecule has 5 heteroatoms. The fourth-order valence-corrected chi connectivity index (χ4v) is 2.20. The van der Waals surface area contributed by atoms with Gasteiger partial charge in [-0.25, -0.2) is 4.79 Å². The molecule has 0 fully saturated rings. The van der Waals surface area contributed by atoms with Crippen molar-refractivity contribution >= 4 is 23.4 Å². The molecule has 0 atom stereocenters. The van der Waals surface area contributed by atoms with Crippen molar-refractivity contribution in [2.75, 3.05) is 17.2 Å². The van der Waals surface area contributed by atoms with E-state index in [4.69, 9.17) is 4.74 Å². The van der Waals surface area contributed by atoms with Gasteiger partial charge in [-0.3, -0.25) is 10.1 Å². The molecular weight excluding hydrogens is 316 g/mol. The second-order valence-electron chi connectivity index (χ2n) is 6.23. The van der Waals surface area contributed by atoms with Gasteiger partial charge in [0.15, 0.2) is 0 Å². The Morgan fingerprint density at radius 2 is 1.64 bits per heavy atom. The van der Waals surface area contributed by atoms with Gasteiger partial charge >= 0.3 is 6.09 Å². The molecule has 0 bridgehead atoms. The van der Waals surface area contributed by atoms with Crippen LogP contribution in [0, 0.1) is 5.92 Å². The SMILES string of the molecule is CC(C)COC(=O)Nc1cccc(NC(=O)CCc2ccccc2)c1. The molecule has 0 saturated carbocycles. The fraction of sp³-hybridized carbons (Fsp3) is 0.300. The van der Waals surface area contributed by atoms with Crippen molar-refractivity contribution < 1.29 is 14.3 Å². The lowest BCUT2D eigenvalue weighted by molar-refractivity contribution is -0.116. The minimum atomic E-state index is -0.499. The largest absolute Gasteiger partial charge is 0.449 e. The van der Waals surface area contributed by atoms with Crippen LogP contribution in [-0.2, 0) is 16.0 Å². The van der Waals surface area contributed by atoms with Crippen LogP contribution in [0.1, 0.15) is 25.8 Å². The number of amides is 2. The zero-order valence-electron chi connectivity index (χ0n) is 14.6. The van der Waals surface area contributed by atoms with E-state index in [0.717, 1.165) is 5.56 Å². The Labute approximate surface area is 148 Å². The third-order valence-corrected chi connectivity index (χ3v) is 3.42. The quantitative estimate of drug-likeness (QED) is 0.782. The number of carbonyl (C=O) groups is 2. The molecule has 0 aliphatic heterocycles. The maximum atomic E-state index is 12.1. The summed E-state index contributed by atoms with van der Waals surface area (Å²) in [5.74, 6) is 0.212. The molecule has 0 saturated heterocycles. The van der Waals surface area contributed by atoms with Crippen LogP contribution in [0.15, 0.2) is 54.6 Å². The fourth-order valence-electron chi connectivity index (χ4n) is 2.20. The average molecular weight is 340 g/mol. The van der Waals surface area contributed by atoms with Crippen LogP contribution in [0.5, 0.6) is 0 Å². The summed E-state index contributed by atoms with van der Waals surface area (Å²) >= 11 is 0. The van der Waals surface area contributed by atoms with Gasteiger partial charge < -0.3 is 10.1 Å². The number of hydrogen-bond acceptors (Lipinski definition) is 3. The summed E-state index contributed by atoms with van der Waals surface area (Å²) in [5.41, 5.74) is 2.34. The van der Waals surface area contributed by atoms with Crippen molar-refractivity contribution in [3.05, 3.63) is 60.2 Å². The average Bonchev–Trinajstić information content (AvgIpc) is 2.59. The van der Waals surface area contributed by atoms with E-state index in [0.29, 0.717) is 30.8 Å². The lowest BCUT2D eigenvalue weighted by Gasteiger charge is -2.10. The number of anilines is 2. The Morgan fingerprint density at radius 1 is 0.960 bits per heavy atom. The van der Waals surface area contributed by atoms with Crippen LogP contribution in [0.25, 0.3) is 0 Å². The summed E-state index contributed by atoms with van der Waals surface area (Å²) in [6, 6.07) is 16.9. The first-order valence-electron chi connectivity index (χ1n) is 8.40. The minimum absolute atomic E-state index is 0.0663. The topological polar surface area (TPSA) is 67.4 Å². The predicted octanol–water partition coefficient (Wildman–Crippen LogP) is 4.46. The van der Waals surface area contributed by atoms with E-state index in [2.05, 4.69) is 10.6 Å². The molecule has 0 heterocycles. The van der Waals surface area contributed by atoms with Crippen LogP contribution in [-0.4, -0.2) is 18.6 Å². The molecule has 2 aromatic carbocycles. The van der Waals surface area contributed by atoms with E-state index in [1.807, 2.05) is 44.2 Å². The Balaban J connectivity index is 1.83. The molecule has 0 spiro atoms. The molecule has 0 aliphatic carbocycles. The van der Waals surface area contributed by atoms with Gasteiger partial charge in [0, 0.05) is 17.8 Å². The normalized spacial score (nSPS) is 10.4. The molecule has 0 unspecified atom stereocenters. The second-order valence-corrected chi connectivity index (χ2v) is 6.23. The Kier molecular flexibility index (Phi) is 7.01. The second kappa shape index (κ2) is 9.47. The number of rotatable bonds is 7. The predicted molar refractivity (Wildman–Crippen MR) is 99.6 cm³/mol. The molecule has 5 nitrogen and oxygen atoms in total. The van der Waals surface area contributed by atoms with E-state index in [-0.39, 0.29) is 11.8 Å². The van der Waals surface area contributed by atoms with E-state index in [9.17, 15) is 9.59 Å². The van der Waals surface area contributed by atoms with E-state index >= 15 is 0 Å². The van der Waals surface area contributed by atoms with Crippen LogP contribution in [0.2, 0.25) is 0 Å². The van der Waals surface area contributed by atoms with E-state index in [1.165, 1.54) is 0 Å². The van der Waals surface area contributed by atoms with E-state index in [1.54, 1.807) is 24.3 Å². The summed E-state index contributed by atoms with van der Waals surface area (Å²) in [6.07, 6.45) is 0.589. The third kappa shape index (κ3) is 7.08. The maximum Gasteiger partial charge on any atom is 0.411 e. The third-order valence-electron chi connectivity index (χ3n) is 3.42. The first-order valence-corrected chi connectivity index (χ1v) is 8.40. The highest BCUT2D eigenvalue weighted by molar-refractivity contribution is 5.92. The van der Waals surface area contributed by atoms with Crippen molar-refractivity contribution in [3.63, 3.8) is 0 Å². The summed E-state index contributed by atoms with van der Waals surface area (Å²) in [6.45, 7) is 4.31. The van der Waals surface area contributed by atoms with E-state index < -0.39 is 6.09 Å². The van der Waals surface area contributed by atoms with Gasteiger partial charge in [-0.1, -0.05) is 50.2 Å². The molecule has 2 N–H and O–H groups in total. The molecule has 25 heavy (non-hydrogen) atoms. The first kappa shape index (κ1) is 18.5. The van der Waals surface area contributed by atoms with Gasteiger partial charge in [0.25, 0.3) is 0 Å². The van der Waals surface area contributed by atoms with Crippen molar-refractivity contribution in [2.24, 2.45) is 5.92 Å². The number of benzene rings is 2. The van der Waals surface area contributed by atoms with Gasteiger partial charge in [-0.05, 0) is 36.1 Å². The molecule has 2 rings (SSSR count). The number of carbonyl (C=O) groups excluding carboxylic acids is 2. The Bertz CT molecular complexity index is 699. The lowest BCUT2D eigenvalue weighted by atomic mass is 10.1. The van der Waals surface area contributed by atoms with Crippen LogP contribution in [0.4, 0.5) is 16.2 Å². The first-order chi connectivity index (χ1) is 12.0. The summed E-state index contributed by atoms with van der Waals surface area (Å²) in [5, 5.41) is 5.50. The van der Waals surface area contributed by atoms with Crippen LogP contribution < -0.4 is 10.6 Å². The van der Waals surface area contributed by atoms with Gasteiger partial charge in [-0.2, -0.15) is 0 Å². The van der Waals surface area contributed by atoms with Crippen LogP contribution >= 0.6 is 0 Å². The van der Waals surface area contributed by atoms with Crippen molar-refractivity contribution in [1.82, 2.24) is 0 Å². The Morgan fingerprint density at radius 3 is 2.32 bits per heavy atom. The Hall–Kier alpha value is -2.82. The van der Waals surface area contributed by atoms with Crippen molar-refractivity contribution in [1.29, 1.82) is 0 Å². The van der Waals surface area contributed by atoms with Gasteiger partial charge in [-0.15, -0.1) is 0 Å². The number of hydrogen-bond donors (Lipinski definition) is 2.